The van der Waals surface area contributed by atoms with Gasteiger partial charge in [-0.25, -0.2) is 0 Å². The Labute approximate surface area is 96.7 Å². The summed E-state index contributed by atoms with van der Waals surface area (Å²) >= 11 is 0. The number of nitrogens with two attached hydrogens (primary N) is 1. The van der Waals surface area contributed by atoms with Gasteiger partial charge in [0.25, 0.3) is 0 Å². The van der Waals surface area contributed by atoms with E-state index in [2.05, 4.69) is 34.6 Å². The molecule has 0 fully saturated rings. The van der Waals surface area contributed by atoms with Crippen molar-refractivity contribution >= 4 is 8.32 Å². The van der Waals surface area contributed by atoms with Crippen molar-refractivity contribution in [3.05, 3.63) is 0 Å². The van der Waals surface area contributed by atoms with Crippen molar-refractivity contribution in [3.63, 3.8) is 0 Å². The Hall–Kier alpha value is 0.137. The van der Waals surface area contributed by atoms with Gasteiger partial charge in [0.2, 0.25) is 0 Å². The first-order valence-electron chi connectivity index (χ1n) is 6.39. The minimum atomic E-state index is -1.41. The van der Waals surface area contributed by atoms with Gasteiger partial charge < -0.3 is 10.2 Å². The maximum Gasteiger partial charge on any atom is 0.192 e. The molecule has 0 aliphatic carbocycles. The van der Waals surface area contributed by atoms with Crippen LogP contribution in [0.2, 0.25) is 18.1 Å². The standard InChI is InChI=1S/C12H29NOSi/c1-6-15(7-2,8-3)14-10-12(13)9-11(4)5/h11-12H,6-10,13H2,1-5H3/t12-/m0/s1. The molecule has 0 aromatic heterocycles. The molecule has 0 radical (unpaired) electrons. The van der Waals surface area contributed by atoms with Crippen LogP contribution in [0.4, 0.5) is 0 Å². The van der Waals surface area contributed by atoms with Crippen LogP contribution >= 0.6 is 0 Å². The van der Waals surface area contributed by atoms with Crippen LogP contribution in [0.1, 0.15) is 41.0 Å². The van der Waals surface area contributed by atoms with Gasteiger partial charge in [0.15, 0.2) is 8.32 Å². The molecule has 0 amide bonds. The summed E-state index contributed by atoms with van der Waals surface area (Å²) in [5, 5.41) is 0. The van der Waals surface area contributed by atoms with E-state index in [0.29, 0.717) is 5.92 Å². The highest BCUT2D eigenvalue weighted by Gasteiger charge is 2.29. The average Bonchev–Trinajstić information content (AvgIpc) is 2.20. The van der Waals surface area contributed by atoms with Crippen molar-refractivity contribution in [3.8, 4) is 0 Å². The van der Waals surface area contributed by atoms with Gasteiger partial charge >= 0.3 is 0 Å². The van der Waals surface area contributed by atoms with E-state index < -0.39 is 8.32 Å². The minimum absolute atomic E-state index is 0.224. The lowest BCUT2D eigenvalue weighted by atomic mass is 10.1. The Bertz CT molecular complexity index is 149. The molecule has 3 heteroatoms. The third-order valence-corrected chi connectivity index (χ3v) is 7.96. The summed E-state index contributed by atoms with van der Waals surface area (Å²) in [6.45, 7) is 12.0. The van der Waals surface area contributed by atoms with Crippen molar-refractivity contribution in [2.24, 2.45) is 11.7 Å². The van der Waals surface area contributed by atoms with Crippen molar-refractivity contribution < 1.29 is 4.43 Å². The van der Waals surface area contributed by atoms with Gasteiger partial charge in [0.1, 0.15) is 0 Å². The van der Waals surface area contributed by atoms with Crippen LogP contribution in [0.3, 0.4) is 0 Å². The monoisotopic (exact) mass is 231 g/mol. The highest BCUT2D eigenvalue weighted by molar-refractivity contribution is 6.73. The molecular weight excluding hydrogens is 202 g/mol. The Morgan fingerprint density at radius 2 is 1.53 bits per heavy atom. The molecule has 0 aliphatic heterocycles. The van der Waals surface area contributed by atoms with E-state index in [0.717, 1.165) is 13.0 Å². The first kappa shape index (κ1) is 15.1. The van der Waals surface area contributed by atoms with Gasteiger partial charge in [-0.15, -0.1) is 0 Å². The van der Waals surface area contributed by atoms with Crippen LogP contribution in [0, 0.1) is 5.92 Å². The predicted octanol–water partition coefficient (Wildman–Crippen LogP) is 3.38. The first-order chi connectivity index (χ1) is 6.99. The molecule has 2 nitrogen and oxygen atoms in total. The van der Waals surface area contributed by atoms with Crippen molar-refractivity contribution in [2.75, 3.05) is 6.61 Å². The normalized spacial score (nSPS) is 14.6. The van der Waals surface area contributed by atoms with Gasteiger partial charge in [-0.2, -0.15) is 0 Å². The molecule has 92 valence electrons. The lowest BCUT2D eigenvalue weighted by molar-refractivity contribution is 0.256. The number of rotatable bonds is 8. The van der Waals surface area contributed by atoms with E-state index in [9.17, 15) is 0 Å². The Morgan fingerprint density at radius 3 is 1.87 bits per heavy atom. The second-order valence-electron chi connectivity index (χ2n) is 4.94. The van der Waals surface area contributed by atoms with Crippen LogP contribution in [0.25, 0.3) is 0 Å². The van der Waals surface area contributed by atoms with Crippen LogP contribution < -0.4 is 5.73 Å². The summed E-state index contributed by atoms with van der Waals surface area (Å²) in [4.78, 5) is 0. The number of hydrogen-bond donors (Lipinski definition) is 1. The van der Waals surface area contributed by atoms with Crippen molar-refractivity contribution in [1.29, 1.82) is 0 Å². The van der Waals surface area contributed by atoms with E-state index in [1.165, 1.54) is 18.1 Å². The maximum atomic E-state index is 6.15. The summed E-state index contributed by atoms with van der Waals surface area (Å²) in [6, 6.07) is 3.87. The van der Waals surface area contributed by atoms with E-state index in [1.54, 1.807) is 0 Å². The lowest BCUT2D eigenvalue weighted by Crippen LogP contribution is -2.40. The second kappa shape index (κ2) is 7.42. The largest absolute Gasteiger partial charge is 0.415 e. The zero-order valence-electron chi connectivity index (χ0n) is 11.2. The Morgan fingerprint density at radius 1 is 1.07 bits per heavy atom. The van der Waals surface area contributed by atoms with Crippen LogP contribution in [0.15, 0.2) is 0 Å². The van der Waals surface area contributed by atoms with Crippen LogP contribution in [-0.2, 0) is 4.43 Å². The fourth-order valence-corrected chi connectivity index (χ4v) is 4.69. The molecule has 0 saturated carbocycles. The molecule has 1 atom stereocenters. The van der Waals surface area contributed by atoms with Gasteiger partial charge in [-0.1, -0.05) is 34.6 Å². The molecule has 0 aromatic carbocycles. The fraction of sp³-hybridized carbons (Fsp3) is 1.00. The molecule has 0 bridgehead atoms. The van der Waals surface area contributed by atoms with E-state index in [1.807, 2.05) is 0 Å². The molecule has 0 heterocycles. The molecule has 2 N–H and O–H groups in total. The number of hydrogen-bond acceptors (Lipinski definition) is 2. The average molecular weight is 231 g/mol. The summed E-state index contributed by atoms with van der Waals surface area (Å²) < 4.78 is 6.15. The third kappa shape index (κ3) is 5.69. The summed E-state index contributed by atoms with van der Waals surface area (Å²) in [5.41, 5.74) is 6.04. The molecule has 15 heavy (non-hydrogen) atoms. The fourth-order valence-electron chi connectivity index (χ4n) is 2.01. The molecule has 0 spiro atoms. The highest BCUT2D eigenvalue weighted by Crippen LogP contribution is 2.21. The SMILES string of the molecule is CC[Si](CC)(CC)OC[C@@H](N)CC(C)C. The van der Waals surface area contributed by atoms with E-state index in [-0.39, 0.29) is 6.04 Å². The maximum absolute atomic E-state index is 6.15. The summed E-state index contributed by atoms with van der Waals surface area (Å²) in [6.07, 6.45) is 1.07. The van der Waals surface area contributed by atoms with Crippen molar-refractivity contribution in [2.45, 2.75) is 65.2 Å². The third-order valence-electron chi connectivity index (χ3n) is 3.31. The Balaban J connectivity index is 3.99. The van der Waals surface area contributed by atoms with Gasteiger partial charge in [-0.05, 0) is 30.5 Å². The van der Waals surface area contributed by atoms with Crippen LogP contribution in [0.5, 0.6) is 0 Å². The van der Waals surface area contributed by atoms with Gasteiger partial charge in [0, 0.05) is 12.6 Å². The lowest BCUT2D eigenvalue weighted by Gasteiger charge is -2.29. The summed E-state index contributed by atoms with van der Waals surface area (Å²) in [7, 11) is -1.41. The van der Waals surface area contributed by atoms with E-state index >= 15 is 0 Å². The predicted molar refractivity (Wildman–Crippen MR) is 70.6 cm³/mol. The minimum Gasteiger partial charge on any atom is -0.415 e. The zero-order chi connectivity index (χ0) is 11.9. The molecular formula is C12H29NOSi. The van der Waals surface area contributed by atoms with Crippen LogP contribution in [-0.4, -0.2) is 21.0 Å². The van der Waals surface area contributed by atoms with E-state index in [4.69, 9.17) is 10.2 Å². The molecule has 0 aliphatic rings. The smallest absolute Gasteiger partial charge is 0.192 e. The quantitative estimate of drug-likeness (QED) is 0.650. The van der Waals surface area contributed by atoms with Crippen molar-refractivity contribution in [1.82, 2.24) is 0 Å². The molecule has 0 aromatic rings. The zero-order valence-corrected chi connectivity index (χ0v) is 12.2. The Kier molecular flexibility index (Phi) is 7.48. The first-order valence-corrected chi connectivity index (χ1v) is 8.92. The summed E-state index contributed by atoms with van der Waals surface area (Å²) in [5.74, 6) is 0.671. The molecule has 0 unspecified atom stereocenters. The van der Waals surface area contributed by atoms with Gasteiger partial charge in [-0.3, -0.25) is 0 Å². The van der Waals surface area contributed by atoms with Gasteiger partial charge in [0.05, 0.1) is 0 Å². The second-order valence-corrected chi connectivity index (χ2v) is 9.72. The molecule has 0 saturated heterocycles. The topological polar surface area (TPSA) is 35.2 Å². The molecule has 0 rings (SSSR count). The highest BCUT2D eigenvalue weighted by atomic mass is 28.4.